The number of anilines is 3. The molecule has 1 fully saturated rings. The van der Waals surface area contributed by atoms with E-state index in [1.54, 1.807) is 0 Å². The summed E-state index contributed by atoms with van der Waals surface area (Å²) < 4.78 is 5.10. The maximum Gasteiger partial charge on any atom is 0.170 e. The second kappa shape index (κ2) is 10.7. The molecule has 0 amide bonds. The Hall–Kier alpha value is -2.27. The highest BCUT2D eigenvalue weighted by molar-refractivity contribution is 8.56. The van der Waals surface area contributed by atoms with E-state index in [9.17, 15) is 0 Å². The van der Waals surface area contributed by atoms with Gasteiger partial charge in [-0.05, 0) is 48.6 Å². The van der Waals surface area contributed by atoms with Gasteiger partial charge in [-0.15, -0.1) is 0 Å². The molecule has 0 unspecified atom stereocenters. The third kappa shape index (κ3) is 5.45. The van der Waals surface area contributed by atoms with Crippen LogP contribution in [0.2, 0.25) is 0 Å². The van der Waals surface area contributed by atoms with Crippen molar-refractivity contribution >= 4 is 53.2 Å². The molecule has 0 atom stereocenters. The number of nitrogens with zero attached hydrogens (tertiary/aromatic N) is 2. The van der Waals surface area contributed by atoms with Crippen molar-refractivity contribution < 1.29 is 0 Å². The molecule has 0 aromatic heterocycles. The van der Waals surface area contributed by atoms with Crippen LogP contribution in [-0.2, 0) is 0 Å². The molecule has 1 heterocycles. The lowest BCUT2D eigenvalue weighted by Gasteiger charge is -2.31. The quantitative estimate of drug-likeness (QED) is 0.261. The van der Waals surface area contributed by atoms with E-state index in [4.69, 9.17) is 12.2 Å². The average molecular weight is 453 g/mol. The van der Waals surface area contributed by atoms with Gasteiger partial charge in [0.15, 0.2) is 12.5 Å². The van der Waals surface area contributed by atoms with Crippen LogP contribution in [0.1, 0.15) is 0 Å². The highest BCUT2D eigenvalue weighted by Gasteiger charge is 2.33. The van der Waals surface area contributed by atoms with E-state index < -0.39 is 7.42 Å². The van der Waals surface area contributed by atoms with Gasteiger partial charge in [-0.2, -0.15) is 0 Å². The van der Waals surface area contributed by atoms with E-state index in [-0.39, 0.29) is 0 Å². The standard InChI is InChI=1S/C23H25N4PS2/c29-23(25-20-10-4-1-5-11-20)24-16-19-30-28-26(21-12-6-2-7-13-21)17-18-27(28)22-14-8-3-9-15-22/h1-15H,16-19H2,(H2,24,25,29). The molecule has 7 heteroatoms. The van der Waals surface area contributed by atoms with Gasteiger partial charge in [0, 0.05) is 42.4 Å². The second-order valence-electron chi connectivity index (χ2n) is 6.75. The Balaban J connectivity index is 1.36. The van der Waals surface area contributed by atoms with E-state index in [1.165, 1.54) is 11.4 Å². The SMILES string of the molecule is S=C(NCCSP1N(c2ccccc2)CCN1c1ccccc1)Nc1ccccc1. The number of thiocarbonyl (C=S) groups is 1. The number of hydrogen-bond donors (Lipinski definition) is 2. The van der Waals surface area contributed by atoms with Crippen molar-refractivity contribution in [3.05, 3.63) is 91.0 Å². The van der Waals surface area contributed by atoms with E-state index in [0.29, 0.717) is 5.11 Å². The van der Waals surface area contributed by atoms with Gasteiger partial charge in [0.25, 0.3) is 0 Å². The molecule has 0 bridgehead atoms. The molecule has 3 aromatic carbocycles. The molecule has 1 aliphatic heterocycles. The Labute approximate surface area is 189 Å². The van der Waals surface area contributed by atoms with Crippen LogP contribution in [0.4, 0.5) is 17.1 Å². The highest BCUT2D eigenvalue weighted by atomic mass is 32.7. The Morgan fingerprint density at radius 3 is 1.83 bits per heavy atom. The van der Waals surface area contributed by atoms with Crippen molar-refractivity contribution in [2.45, 2.75) is 0 Å². The van der Waals surface area contributed by atoms with Crippen LogP contribution in [0.15, 0.2) is 91.0 Å². The molecule has 0 radical (unpaired) electrons. The third-order valence-corrected chi connectivity index (χ3v) is 9.65. The van der Waals surface area contributed by atoms with Crippen molar-refractivity contribution in [1.82, 2.24) is 5.32 Å². The predicted octanol–water partition coefficient (Wildman–Crippen LogP) is 5.96. The molecule has 0 aliphatic carbocycles. The summed E-state index contributed by atoms with van der Waals surface area (Å²) in [5.74, 6) is 0.981. The van der Waals surface area contributed by atoms with E-state index in [0.717, 1.165) is 31.1 Å². The third-order valence-electron chi connectivity index (χ3n) is 4.67. The fourth-order valence-electron chi connectivity index (χ4n) is 3.27. The minimum absolute atomic E-state index is 0.524. The van der Waals surface area contributed by atoms with Crippen LogP contribution in [0.5, 0.6) is 0 Å². The van der Waals surface area contributed by atoms with E-state index in [1.807, 2.05) is 41.7 Å². The molecule has 1 saturated heterocycles. The topological polar surface area (TPSA) is 30.5 Å². The van der Waals surface area contributed by atoms with Gasteiger partial charge in [0.1, 0.15) is 0 Å². The smallest absolute Gasteiger partial charge is 0.170 e. The lowest BCUT2D eigenvalue weighted by molar-refractivity contribution is 0.993. The molecule has 30 heavy (non-hydrogen) atoms. The number of rotatable bonds is 7. The number of para-hydroxylation sites is 3. The maximum atomic E-state index is 5.44. The van der Waals surface area contributed by atoms with Crippen LogP contribution < -0.4 is 20.0 Å². The number of nitrogens with one attached hydrogen (secondary N) is 2. The van der Waals surface area contributed by atoms with Gasteiger partial charge in [0.2, 0.25) is 0 Å². The zero-order chi connectivity index (χ0) is 20.6. The molecular formula is C23H25N4PS2. The average Bonchev–Trinajstić information content (AvgIpc) is 3.22. The fraction of sp³-hybridized carbons (Fsp3) is 0.174. The van der Waals surface area contributed by atoms with Crippen LogP contribution in [0, 0.1) is 0 Å². The number of hydrogen-bond acceptors (Lipinski definition) is 4. The summed E-state index contributed by atoms with van der Waals surface area (Å²) in [6.45, 7) is 2.91. The predicted molar refractivity (Wildman–Crippen MR) is 138 cm³/mol. The van der Waals surface area contributed by atoms with Crippen LogP contribution in [0.3, 0.4) is 0 Å². The number of benzene rings is 3. The molecule has 4 rings (SSSR count). The Kier molecular flexibility index (Phi) is 7.46. The zero-order valence-corrected chi connectivity index (χ0v) is 19.2. The molecule has 0 saturated carbocycles. The summed E-state index contributed by atoms with van der Waals surface area (Å²) in [6, 6.07) is 31.5. The lowest BCUT2D eigenvalue weighted by atomic mass is 10.3. The van der Waals surface area contributed by atoms with Crippen molar-refractivity contribution in [2.75, 3.05) is 40.0 Å². The van der Waals surface area contributed by atoms with Gasteiger partial charge in [-0.25, -0.2) is 0 Å². The molecule has 0 spiro atoms. The normalized spacial score (nSPS) is 14.0. The van der Waals surface area contributed by atoms with Gasteiger partial charge in [0.05, 0.1) is 0 Å². The highest BCUT2D eigenvalue weighted by Crippen LogP contribution is 2.61. The van der Waals surface area contributed by atoms with Gasteiger partial charge >= 0.3 is 0 Å². The Morgan fingerprint density at radius 1 is 0.800 bits per heavy atom. The lowest BCUT2D eigenvalue weighted by Crippen LogP contribution is -2.30. The minimum Gasteiger partial charge on any atom is -0.362 e. The summed E-state index contributed by atoms with van der Waals surface area (Å²) in [7, 11) is -0.524. The van der Waals surface area contributed by atoms with Crippen molar-refractivity contribution in [3.63, 3.8) is 0 Å². The molecule has 3 aromatic rings. The first-order valence-corrected chi connectivity index (χ1v) is 13.2. The van der Waals surface area contributed by atoms with Crippen LogP contribution in [-0.4, -0.2) is 30.5 Å². The fourth-order valence-corrected chi connectivity index (χ4v) is 8.23. The van der Waals surface area contributed by atoms with Gasteiger partial charge in [-0.3, -0.25) is 0 Å². The van der Waals surface area contributed by atoms with Gasteiger partial charge in [-0.1, -0.05) is 66.0 Å². The molecule has 4 nitrogen and oxygen atoms in total. The first kappa shape index (κ1) is 21.0. The summed E-state index contributed by atoms with van der Waals surface area (Å²) in [4.78, 5) is 0. The van der Waals surface area contributed by atoms with Crippen LogP contribution >= 0.6 is 31.0 Å². The molecular weight excluding hydrogens is 427 g/mol. The first-order valence-electron chi connectivity index (χ1n) is 9.99. The van der Waals surface area contributed by atoms with Crippen molar-refractivity contribution in [3.8, 4) is 0 Å². The summed E-state index contributed by atoms with van der Waals surface area (Å²) in [5, 5.41) is 7.24. The van der Waals surface area contributed by atoms with Crippen molar-refractivity contribution in [1.29, 1.82) is 0 Å². The largest absolute Gasteiger partial charge is 0.362 e. The first-order chi connectivity index (χ1) is 14.8. The van der Waals surface area contributed by atoms with E-state index >= 15 is 0 Å². The monoisotopic (exact) mass is 452 g/mol. The maximum absolute atomic E-state index is 5.44. The van der Waals surface area contributed by atoms with Crippen molar-refractivity contribution in [2.24, 2.45) is 0 Å². The summed E-state index contributed by atoms with van der Waals surface area (Å²) in [5.41, 5.74) is 3.60. The molecule has 2 N–H and O–H groups in total. The zero-order valence-electron chi connectivity index (χ0n) is 16.6. The van der Waals surface area contributed by atoms with Gasteiger partial charge < -0.3 is 20.0 Å². The molecule has 1 aliphatic rings. The molecule has 154 valence electrons. The van der Waals surface area contributed by atoms with Crippen LogP contribution in [0.25, 0.3) is 0 Å². The Morgan fingerprint density at radius 2 is 1.30 bits per heavy atom. The minimum atomic E-state index is -0.524. The Bertz CT molecular complexity index is 880. The summed E-state index contributed by atoms with van der Waals surface area (Å²) >= 11 is 7.44. The van der Waals surface area contributed by atoms with E-state index in [2.05, 4.69) is 80.6 Å². The summed E-state index contributed by atoms with van der Waals surface area (Å²) in [6.07, 6.45) is 0. The second-order valence-corrected chi connectivity index (χ2v) is 11.1.